The molecule has 0 amide bonds. The van der Waals surface area contributed by atoms with E-state index in [0.717, 1.165) is 11.0 Å². The van der Waals surface area contributed by atoms with Gasteiger partial charge >= 0.3 is 18.9 Å². The van der Waals surface area contributed by atoms with Gasteiger partial charge in [-0.2, -0.15) is 0 Å². The van der Waals surface area contributed by atoms with Crippen molar-refractivity contribution in [2.24, 2.45) is 0 Å². The fourth-order valence-electron chi connectivity index (χ4n) is 3.22. The number of hydrogen-bond acceptors (Lipinski definition) is 7. The number of aromatic nitrogens is 2. The van der Waals surface area contributed by atoms with E-state index in [2.05, 4.69) is 4.98 Å². The lowest BCUT2D eigenvalue weighted by molar-refractivity contribution is -0.389. The molecule has 1 aromatic heterocycles. The van der Waals surface area contributed by atoms with E-state index >= 15 is 0 Å². The van der Waals surface area contributed by atoms with Gasteiger partial charge in [0.2, 0.25) is 0 Å². The smallest absolute Gasteiger partial charge is 0.443 e. The van der Waals surface area contributed by atoms with Crippen LogP contribution in [0.5, 0.6) is 6.01 Å². The minimum Gasteiger partial charge on any atom is -0.443 e. The number of nitro groups is 1. The van der Waals surface area contributed by atoms with Crippen LogP contribution in [0.3, 0.4) is 0 Å². The van der Waals surface area contributed by atoms with Crippen molar-refractivity contribution in [3.8, 4) is 6.01 Å². The van der Waals surface area contributed by atoms with E-state index < -0.39 is 12.0 Å². The van der Waals surface area contributed by atoms with Gasteiger partial charge < -0.3 is 28.9 Å². The second kappa shape index (κ2) is 7.12. The highest BCUT2D eigenvalue weighted by atomic mass is 16.7. The fourth-order valence-corrected chi connectivity index (χ4v) is 3.22. The highest BCUT2D eigenvalue weighted by Crippen LogP contribution is 2.36. The number of benzene rings is 1. The molecule has 10 heteroatoms. The molecule has 0 aliphatic carbocycles. The van der Waals surface area contributed by atoms with Crippen molar-refractivity contribution in [3.05, 3.63) is 46.1 Å². The third-order valence-corrected chi connectivity index (χ3v) is 5.70. The molecule has 0 N–H and O–H groups in total. The van der Waals surface area contributed by atoms with Gasteiger partial charge in [-0.1, -0.05) is 24.3 Å². The Morgan fingerprint density at radius 1 is 1.24 bits per heavy atom. The molecule has 1 fully saturated rings. The van der Waals surface area contributed by atoms with Crippen LogP contribution in [0.15, 0.2) is 30.5 Å². The molecule has 3 heterocycles. The van der Waals surface area contributed by atoms with Crippen molar-refractivity contribution in [1.82, 2.24) is 9.55 Å². The van der Waals surface area contributed by atoms with E-state index in [9.17, 15) is 10.1 Å². The summed E-state index contributed by atoms with van der Waals surface area (Å²) in [6, 6.07) is 8.18. The minimum atomic E-state index is -0.536. The summed E-state index contributed by atoms with van der Waals surface area (Å²) >= 11 is 0. The maximum atomic E-state index is 10.8. The molecule has 0 bridgehead atoms. The standard InChI is InChI=1S/C19H24BN3O6/c1-18(2)19(3,4)29-20(28-18)14-7-5-13(6-8-14)11-26-15-9-22-10-16(23(24)25)21-17(22)27-12-15/h5-8,10,15H,9,11-12H2,1-4H3. The molecule has 2 aromatic rings. The summed E-state index contributed by atoms with van der Waals surface area (Å²) in [7, 11) is -0.392. The van der Waals surface area contributed by atoms with E-state index in [1.807, 2.05) is 52.0 Å². The SMILES string of the molecule is CC1(C)OB(c2ccc(COC3COc4nc([N+](=O)[O-])cn4C3)cc2)OC1(C)C. The number of fused-ring (bicyclic) bond motifs is 1. The van der Waals surface area contributed by atoms with Crippen molar-refractivity contribution in [3.63, 3.8) is 0 Å². The van der Waals surface area contributed by atoms with Gasteiger partial charge in [0.05, 0.1) is 24.4 Å². The first-order chi connectivity index (χ1) is 13.6. The van der Waals surface area contributed by atoms with Crippen LogP contribution in [-0.4, -0.2) is 45.5 Å². The lowest BCUT2D eigenvalue weighted by atomic mass is 9.79. The zero-order valence-electron chi connectivity index (χ0n) is 17.0. The van der Waals surface area contributed by atoms with Crippen molar-refractivity contribution >= 4 is 18.4 Å². The van der Waals surface area contributed by atoms with Crippen LogP contribution in [-0.2, 0) is 27.2 Å². The monoisotopic (exact) mass is 401 g/mol. The van der Waals surface area contributed by atoms with Crippen LogP contribution in [0.1, 0.15) is 33.3 Å². The average molecular weight is 401 g/mol. The van der Waals surface area contributed by atoms with Gasteiger partial charge in [-0.25, -0.2) is 0 Å². The minimum absolute atomic E-state index is 0.209. The van der Waals surface area contributed by atoms with Crippen LogP contribution in [0.25, 0.3) is 0 Å². The van der Waals surface area contributed by atoms with Crippen LogP contribution in [0.2, 0.25) is 0 Å². The maximum Gasteiger partial charge on any atom is 0.494 e. The third kappa shape index (κ3) is 3.87. The molecule has 9 nitrogen and oxygen atoms in total. The summed E-state index contributed by atoms with van der Waals surface area (Å²) in [6.07, 6.45) is 1.16. The van der Waals surface area contributed by atoms with E-state index in [0.29, 0.717) is 19.8 Å². The molecule has 2 aliphatic heterocycles. The normalized spacial score (nSPS) is 22.2. The van der Waals surface area contributed by atoms with Gasteiger partial charge in [-0.05, 0) is 43.6 Å². The van der Waals surface area contributed by atoms with E-state index in [4.69, 9.17) is 18.8 Å². The summed E-state index contributed by atoms with van der Waals surface area (Å²) in [5, 5.41) is 10.8. The van der Waals surface area contributed by atoms with Gasteiger partial charge in [0.25, 0.3) is 0 Å². The molecule has 0 saturated carbocycles. The lowest BCUT2D eigenvalue weighted by Gasteiger charge is -2.32. The highest BCUT2D eigenvalue weighted by molar-refractivity contribution is 6.62. The summed E-state index contributed by atoms with van der Waals surface area (Å²) in [5.41, 5.74) is 1.22. The molecule has 1 unspecified atom stereocenters. The lowest BCUT2D eigenvalue weighted by Crippen LogP contribution is -2.41. The van der Waals surface area contributed by atoms with Crippen molar-refractivity contribution < 1.29 is 23.7 Å². The van der Waals surface area contributed by atoms with Crippen LogP contribution >= 0.6 is 0 Å². The maximum absolute atomic E-state index is 10.8. The quantitative estimate of drug-likeness (QED) is 0.430. The molecule has 0 radical (unpaired) electrons. The first-order valence-electron chi connectivity index (χ1n) is 9.55. The molecule has 1 atom stereocenters. The molecule has 154 valence electrons. The molecule has 1 aromatic carbocycles. The first kappa shape index (κ1) is 19.9. The van der Waals surface area contributed by atoms with Gasteiger partial charge in [-0.3, -0.25) is 4.57 Å². The Bertz CT molecular complexity index is 895. The Labute approximate surface area is 169 Å². The van der Waals surface area contributed by atoms with Gasteiger partial charge in [-0.15, -0.1) is 0 Å². The van der Waals surface area contributed by atoms with Crippen LogP contribution in [0, 0.1) is 10.1 Å². The Hall–Kier alpha value is -2.43. The molecule has 1 saturated heterocycles. The van der Waals surface area contributed by atoms with Gasteiger partial charge in [0.1, 0.15) is 18.9 Å². The van der Waals surface area contributed by atoms with Gasteiger partial charge in [0.15, 0.2) is 0 Å². The summed E-state index contributed by atoms with van der Waals surface area (Å²) in [4.78, 5) is 14.1. The Morgan fingerprint density at radius 2 is 1.90 bits per heavy atom. The largest absolute Gasteiger partial charge is 0.494 e. The second-order valence-electron chi connectivity index (χ2n) is 8.36. The van der Waals surface area contributed by atoms with Crippen LogP contribution < -0.4 is 10.2 Å². The van der Waals surface area contributed by atoms with Crippen molar-refractivity contribution in [1.29, 1.82) is 0 Å². The molecule has 4 rings (SSSR count). The predicted molar refractivity (Wildman–Crippen MR) is 105 cm³/mol. The highest BCUT2D eigenvalue weighted by Gasteiger charge is 2.51. The molecular weight excluding hydrogens is 377 g/mol. The number of hydrogen-bond donors (Lipinski definition) is 0. The molecule has 29 heavy (non-hydrogen) atoms. The Kier molecular flexibility index (Phi) is 4.88. The second-order valence-corrected chi connectivity index (χ2v) is 8.36. The first-order valence-corrected chi connectivity index (χ1v) is 9.55. The molecular formula is C19H24BN3O6. The van der Waals surface area contributed by atoms with Gasteiger partial charge in [0, 0.05) is 4.98 Å². The number of ether oxygens (including phenoxy) is 2. The molecule has 2 aliphatic rings. The van der Waals surface area contributed by atoms with E-state index in [1.54, 1.807) is 4.57 Å². The Morgan fingerprint density at radius 3 is 2.52 bits per heavy atom. The predicted octanol–water partition coefficient (Wildman–Crippen LogP) is 2.07. The van der Waals surface area contributed by atoms with E-state index in [-0.39, 0.29) is 29.1 Å². The zero-order chi connectivity index (χ0) is 20.8. The number of nitrogens with zero attached hydrogens (tertiary/aromatic N) is 3. The van der Waals surface area contributed by atoms with Crippen molar-refractivity contribution in [2.75, 3.05) is 6.61 Å². The summed E-state index contributed by atoms with van der Waals surface area (Å²) in [5.74, 6) is -0.223. The van der Waals surface area contributed by atoms with Crippen LogP contribution in [0.4, 0.5) is 5.82 Å². The van der Waals surface area contributed by atoms with E-state index in [1.165, 1.54) is 6.20 Å². The average Bonchev–Trinajstić information content (AvgIpc) is 3.18. The fraction of sp³-hybridized carbons (Fsp3) is 0.526. The number of rotatable bonds is 5. The Balaban J connectivity index is 1.34. The summed E-state index contributed by atoms with van der Waals surface area (Å²) < 4.78 is 25.1. The van der Waals surface area contributed by atoms with Crippen molar-refractivity contribution in [2.45, 2.75) is 58.2 Å². The zero-order valence-corrected chi connectivity index (χ0v) is 17.0. The topological polar surface area (TPSA) is 97.9 Å². The number of imidazole rings is 1. The third-order valence-electron chi connectivity index (χ3n) is 5.70. The molecule has 0 spiro atoms. The summed E-state index contributed by atoms with van der Waals surface area (Å²) in [6.45, 7) is 9.29.